The summed E-state index contributed by atoms with van der Waals surface area (Å²) < 4.78 is 7.19. The number of hydrogen-bond acceptors (Lipinski definition) is 0. The number of para-hydroxylation sites is 3. The minimum Gasteiger partial charge on any atom is -0.310 e. The highest BCUT2D eigenvalue weighted by Crippen LogP contribution is 2.38. The minimum absolute atomic E-state index is 1.11. The van der Waals surface area contributed by atoms with Gasteiger partial charge in [0.2, 0.25) is 0 Å². The second kappa shape index (κ2) is 12.5. The molecule has 0 aliphatic carbocycles. The summed E-state index contributed by atoms with van der Waals surface area (Å²) in [4.78, 5) is 0. The first-order valence-electron chi connectivity index (χ1n) is 19.6. The van der Waals surface area contributed by atoms with E-state index in [1.165, 1.54) is 75.9 Å². The maximum absolute atomic E-state index is 2.41. The highest BCUT2D eigenvalue weighted by molar-refractivity contribution is 6.16. The van der Waals surface area contributed by atoms with Gasteiger partial charge in [0.25, 0.3) is 0 Å². The molecule has 0 N–H and O–H groups in total. The number of hydrogen-bond donors (Lipinski definition) is 0. The lowest BCUT2D eigenvalue weighted by atomic mass is 10.0. The van der Waals surface area contributed by atoms with Crippen molar-refractivity contribution in [1.29, 1.82) is 0 Å². The van der Waals surface area contributed by atoms with E-state index >= 15 is 0 Å². The lowest BCUT2D eigenvalue weighted by Crippen LogP contribution is -1.96. The molecule has 0 amide bonds. The fraction of sp³-hybridized carbons (Fsp3) is 0. The molecule has 3 nitrogen and oxygen atoms in total. The van der Waals surface area contributed by atoms with Crippen LogP contribution in [0.3, 0.4) is 0 Å². The molecular weight excluding hydrogens is 691 g/mol. The molecule has 9 aromatic carbocycles. The Labute approximate surface area is 328 Å². The Morgan fingerprint density at radius 2 is 0.509 bits per heavy atom. The summed E-state index contributed by atoms with van der Waals surface area (Å²) in [6, 6.07) is 78.0. The molecule has 3 heteroatoms. The van der Waals surface area contributed by atoms with Crippen LogP contribution in [-0.2, 0) is 0 Å². The summed E-state index contributed by atoms with van der Waals surface area (Å²) in [5.74, 6) is 0. The summed E-state index contributed by atoms with van der Waals surface area (Å²) in [5, 5.41) is 12.0. The van der Waals surface area contributed by atoms with Crippen molar-refractivity contribution in [2.75, 3.05) is 0 Å². The highest BCUT2D eigenvalue weighted by Gasteiger charge is 2.16. The number of nitrogens with zero attached hydrogens (tertiary/aromatic N) is 3. The molecule has 0 aliphatic rings. The molecule has 3 heterocycles. The monoisotopic (exact) mass is 725 g/mol. The molecule has 0 spiro atoms. The van der Waals surface area contributed by atoms with Crippen molar-refractivity contribution in [2.24, 2.45) is 0 Å². The van der Waals surface area contributed by atoms with E-state index in [4.69, 9.17) is 0 Å². The lowest BCUT2D eigenvalue weighted by Gasteiger charge is -2.12. The molecule has 12 rings (SSSR count). The second-order valence-corrected chi connectivity index (χ2v) is 15.0. The molecule has 0 saturated heterocycles. The molecular formula is C54H35N3. The van der Waals surface area contributed by atoms with Crippen LogP contribution in [0.4, 0.5) is 0 Å². The van der Waals surface area contributed by atoms with Crippen molar-refractivity contribution in [2.45, 2.75) is 0 Å². The van der Waals surface area contributed by atoms with E-state index in [9.17, 15) is 0 Å². The van der Waals surface area contributed by atoms with Crippen molar-refractivity contribution >= 4 is 87.0 Å². The molecule has 0 atom stereocenters. The molecule has 3 aromatic heterocycles. The van der Waals surface area contributed by atoms with Gasteiger partial charge in [-0.15, -0.1) is 0 Å². The molecule has 0 radical (unpaired) electrons. The summed E-state index contributed by atoms with van der Waals surface area (Å²) in [6.45, 7) is 0. The fourth-order valence-corrected chi connectivity index (χ4v) is 9.15. The van der Waals surface area contributed by atoms with Gasteiger partial charge in [0.1, 0.15) is 0 Å². The van der Waals surface area contributed by atoms with Crippen molar-refractivity contribution in [3.05, 3.63) is 212 Å². The first kappa shape index (κ1) is 31.7. The first-order chi connectivity index (χ1) is 28.2. The van der Waals surface area contributed by atoms with E-state index in [0.29, 0.717) is 0 Å². The standard InChI is InChI=1S/C54H35N3/c1-4-14-42(15-5-1)55-45-20-10-12-36(30-45)38-22-26-51-47(32-38)49-34-40(24-28-53(49)56(51)43-16-6-2-7-17-43)41-25-29-54-50(35-41)48-33-39(37-13-11-21-46(55)31-37)23-27-52(48)57(54)44-18-8-3-9-19-44/h1-35H. The summed E-state index contributed by atoms with van der Waals surface area (Å²) in [5.41, 5.74) is 10.4. The zero-order valence-corrected chi connectivity index (χ0v) is 31.0. The molecule has 0 fully saturated rings. The van der Waals surface area contributed by atoms with Crippen molar-refractivity contribution < 1.29 is 0 Å². The van der Waals surface area contributed by atoms with Crippen LogP contribution in [0.15, 0.2) is 212 Å². The van der Waals surface area contributed by atoms with Crippen LogP contribution in [0.25, 0.3) is 104 Å². The third-order valence-corrected chi connectivity index (χ3v) is 11.8. The Bertz CT molecular complexity index is 3390. The Morgan fingerprint density at radius 1 is 0.211 bits per heavy atom. The largest absolute Gasteiger partial charge is 0.310 e. The number of rotatable bonds is 3. The van der Waals surface area contributed by atoms with Crippen LogP contribution in [0.1, 0.15) is 0 Å². The van der Waals surface area contributed by atoms with Crippen LogP contribution < -0.4 is 0 Å². The predicted molar refractivity (Wildman–Crippen MR) is 242 cm³/mol. The first-order valence-corrected chi connectivity index (χ1v) is 19.6. The summed E-state index contributed by atoms with van der Waals surface area (Å²) in [7, 11) is 0. The molecule has 12 aromatic rings. The number of aromatic nitrogens is 3. The van der Waals surface area contributed by atoms with E-state index in [2.05, 4.69) is 226 Å². The van der Waals surface area contributed by atoms with Gasteiger partial charge in [-0.25, -0.2) is 0 Å². The summed E-state index contributed by atoms with van der Waals surface area (Å²) >= 11 is 0. The SMILES string of the molecule is c1ccc(-n2c3cccc(c3)c3ccc4c(c3)c3cc(ccc3n4-c3ccccc3)c3ccc4c(c3)c3cc(ccc3n4-c3ccccc3)c3cccc2c3)cc1. The number of fused-ring (bicyclic) bond motifs is 11. The van der Waals surface area contributed by atoms with Gasteiger partial charge in [0, 0.05) is 49.6 Å². The second-order valence-electron chi connectivity index (χ2n) is 15.0. The smallest absolute Gasteiger partial charge is 0.0541 e. The van der Waals surface area contributed by atoms with Gasteiger partial charge in [-0.3, -0.25) is 0 Å². The molecule has 266 valence electrons. The van der Waals surface area contributed by atoms with Crippen LogP contribution >= 0.6 is 0 Å². The van der Waals surface area contributed by atoms with E-state index in [-0.39, 0.29) is 0 Å². The third-order valence-electron chi connectivity index (χ3n) is 11.8. The zero-order chi connectivity index (χ0) is 37.5. The van der Waals surface area contributed by atoms with Crippen molar-refractivity contribution in [3.63, 3.8) is 0 Å². The molecule has 0 unspecified atom stereocenters. The van der Waals surface area contributed by atoms with Gasteiger partial charge in [0.15, 0.2) is 0 Å². The van der Waals surface area contributed by atoms with E-state index in [1.807, 2.05) is 0 Å². The van der Waals surface area contributed by atoms with Crippen LogP contribution in [0.2, 0.25) is 0 Å². The fourth-order valence-electron chi connectivity index (χ4n) is 9.15. The predicted octanol–water partition coefficient (Wildman–Crippen LogP) is 14.4. The van der Waals surface area contributed by atoms with Gasteiger partial charge in [-0.2, -0.15) is 0 Å². The van der Waals surface area contributed by atoms with Gasteiger partial charge in [-0.05, 0) is 142 Å². The number of benzene rings is 9. The maximum atomic E-state index is 2.41. The van der Waals surface area contributed by atoms with Crippen LogP contribution in [0, 0.1) is 0 Å². The Morgan fingerprint density at radius 3 is 0.842 bits per heavy atom. The average molecular weight is 726 g/mol. The van der Waals surface area contributed by atoms with Gasteiger partial charge >= 0.3 is 0 Å². The zero-order valence-electron chi connectivity index (χ0n) is 31.0. The maximum Gasteiger partial charge on any atom is 0.0541 e. The average Bonchev–Trinajstić information content (AvgIpc) is 3.79. The highest BCUT2D eigenvalue weighted by atomic mass is 15.0. The lowest BCUT2D eigenvalue weighted by molar-refractivity contribution is 1.16. The van der Waals surface area contributed by atoms with Gasteiger partial charge < -0.3 is 13.7 Å². The Hall–Kier alpha value is -7.62. The van der Waals surface area contributed by atoms with Crippen molar-refractivity contribution in [1.82, 2.24) is 13.7 Å². The summed E-state index contributed by atoms with van der Waals surface area (Å²) in [6.07, 6.45) is 0. The minimum atomic E-state index is 1.11. The van der Waals surface area contributed by atoms with Gasteiger partial charge in [-0.1, -0.05) is 103 Å². The van der Waals surface area contributed by atoms with E-state index in [0.717, 1.165) is 28.1 Å². The quantitative estimate of drug-likeness (QED) is 0.172. The molecule has 57 heavy (non-hydrogen) atoms. The van der Waals surface area contributed by atoms with E-state index < -0.39 is 0 Å². The third kappa shape index (κ3) is 4.99. The van der Waals surface area contributed by atoms with Crippen LogP contribution in [-0.4, -0.2) is 13.7 Å². The molecule has 0 aliphatic heterocycles. The topological polar surface area (TPSA) is 14.8 Å². The normalized spacial score (nSPS) is 11.9. The molecule has 12 bridgehead atoms. The Balaban J connectivity index is 1.29. The Kier molecular flexibility index (Phi) is 6.93. The molecule has 0 saturated carbocycles. The van der Waals surface area contributed by atoms with Gasteiger partial charge in [0.05, 0.1) is 22.1 Å². The van der Waals surface area contributed by atoms with Crippen molar-refractivity contribution in [3.8, 4) is 17.1 Å². The van der Waals surface area contributed by atoms with Crippen LogP contribution in [0.5, 0.6) is 0 Å². The van der Waals surface area contributed by atoms with E-state index in [1.54, 1.807) is 0 Å².